The second kappa shape index (κ2) is 9.70. The van der Waals surface area contributed by atoms with E-state index in [4.69, 9.17) is 9.47 Å². The molecule has 1 aliphatic rings. The molecule has 1 aliphatic heterocycles. The van der Waals surface area contributed by atoms with Crippen LogP contribution in [-0.4, -0.2) is 49.5 Å². The molecule has 0 radical (unpaired) electrons. The lowest BCUT2D eigenvalue weighted by molar-refractivity contribution is -0.384. The topological polar surface area (TPSA) is 128 Å². The number of benzene rings is 2. The van der Waals surface area contributed by atoms with Crippen LogP contribution in [-0.2, 0) is 20.7 Å². The molecule has 0 spiro atoms. The van der Waals surface area contributed by atoms with Crippen molar-refractivity contribution < 1.29 is 28.8 Å². The average Bonchev–Trinajstić information content (AvgIpc) is 2.79. The summed E-state index contributed by atoms with van der Waals surface area (Å²) in [5, 5.41) is 13.4. The van der Waals surface area contributed by atoms with Crippen molar-refractivity contribution >= 4 is 29.2 Å². The molecule has 1 heterocycles. The minimum atomic E-state index is -0.766. The molecule has 0 saturated heterocycles. The van der Waals surface area contributed by atoms with Gasteiger partial charge >= 0.3 is 5.97 Å². The third kappa shape index (κ3) is 5.16. The Morgan fingerprint density at radius 1 is 1.19 bits per heavy atom. The fourth-order valence-electron chi connectivity index (χ4n) is 3.31. The highest BCUT2D eigenvalue weighted by atomic mass is 16.6. The van der Waals surface area contributed by atoms with Crippen LogP contribution in [0.1, 0.15) is 22.3 Å². The summed E-state index contributed by atoms with van der Waals surface area (Å²) in [4.78, 5) is 48.6. The number of methoxy groups -OCH3 is 1. The fourth-order valence-corrected chi connectivity index (χ4v) is 3.31. The van der Waals surface area contributed by atoms with Crippen LogP contribution in [0.4, 0.5) is 11.4 Å². The lowest BCUT2D eigenvalue weighted by atomic mass is 10.0. The Balaban J connectivity index is 1.54. The van der Waals surface area contributed by atoms with Crippen LogP contribution in [0.25, 0.3) is 0 Å². The number of esters is 1. The van der Waals surface area contributed by atoms with Gasteiger partial charge in [0.25, 0.3) is 17.5 Å². The van der Waals surface area contributed by atoms with Gasteiger partial charge in [-0.3, -0.25) is 24.5 Å². The zero-order valence-electron chi connectivity index (χ0n) is 16.8. The van der Waals surface area contributed by atoms with Crippen molar-refractivity contribution in [1.82, 2.24) is 5.32 Å². The van der Waals surface area contributed by atoms with Gasteiger partial charge in [-0.1, -0.05) is 12.1 Å². The number of fused-ring (bicyclic) bond motifs is 1. The van der Waals surface area contributed by atoms with E-state index >= 15 is 0 Å². The highest BCUT2D eigenvalue weighted by molar-refractivity contribution is 5.99. The number of ether oxygens (including phenoxy) is 2. The molecule has 10 heteroatoms. The standard InChI is InChI=1S/C21H21N3O7/c1-30-18-7-3-2-6-16(18)21(27)22-12-20(26)31-13-19(25)23-10-4-5-14-11-15(24(28)29)8-9-17(14)23/h2-3,6-9,11H,4-5,10,12-13H2,1H3,(H,22,27). The number of nitro groups is 1. The maximum atomic E-state index is 12.5. The number of hydrogen-bond acceptors (Lipinski definition) is 7. The first-order valence-electron chi connectivity index (χ1n) is 9.55. The monoisotopic (exact) mass is 427 g/mol. The van der Waals surface area contributed by atoms with Crippen molar-refractivity contribution in [1.29, 1.82) is 0 Å². The predicted octanol–water partition coefficient (Wildman–Crippen LogP) is 1.86. The summed E-state index contributed by atoms with van der Waals surface area (Å²) < 4.78 is 10.1. The van der Waals surface area contributed by atoms with Gasteiger partial charge in [0.15, 0.2) is 6.61 Å². The van der Waals surface area contributed by atoms with Crippen LogP contribution < -0.4 is 15.0 Å². The second-order valence-electron chi connectivity index (χ2n) is 6.76. The molecule has 162 valence electrons. The number of hydrogen-bond donors (Lipinski definition) is 1. The van der Waals surface area contributed by atoms with Gasteiger partial charge in [0.1, 0.15) is 12.3 Å². The van der Waals surface area contributed by atoms with Crippen LogP contribution in [0, 0.1) is 10.1 Å². The van der Waals surface area contributed by atoms with Crippen LogP contribution in [0.5, 0.6) is 5.75 Å². The number of carbonyl (C=O) groups excluding carboxylic acids is 3. The van der Waals surface area contributed by atoms with Crippen molar-refractivity contribution in [3.05, 3.63) is 63.7 Å². The molecular formula is C21H21N3O7. The first kappa shape index (κ1) is 21.8. The number of nitrogens with one attached hydrogen (secondary N) is 1. The van der Waals surface area contributed by atoms with Gasteiger partial charge in [-0.2, -0.15) is 0 Å². The van der Waals surface area contributed by atoms with Crippen molar-refractivity contribution in [2.75, 3.05) is 31.7 Å². The minimum Gasteiger partial charge on any atom is -0.496 e. The average molecular weight is 427 g/mol. The molecule has 3 rings (SSSR count). The zero-order valence-corrected chi connectivity index (χ0v) is 16.8. The largest absolute Gasteiger partial charge is 0.496 e. The van der Waals surface area contributed by atoms with E-state index in [-0.39, 0.29) is 11.3 Å². The van der Waals surface area contributed by atoms with Gasteiger partial charge in [0.2, 0.25) is 0 Å². The highest BCUT2D eigenvalue weighted by Gasteiger charge is 2.25. The van der Waals surface area contributed by atoms with E-state index in [1.807, 2.05) is 0 Å². The third-order valence-electron chi connectivity index (χ3n) is 4.80. The number of carbonyl (C=O) groups is 3. The Labute approximate surface area is 177 Å². The first-order valence-corrected chi connectivity index (χ1v) is 9.55. The number of rotatable bonds is 7. The van der Waals surface area contributed by atoms with Gasteiger partial charge in [0.05, 0.1) is 17.6 Å². The van der Waals surface area contributed by atoms with Gasteiger partial charge in [-0.25, -0.2) is 0 Å². The van der Waals surface area contributed by atoms with Crippen LogP contribution in [0.2, 0.25) is 0 Å². The highest BCUT2D eigenvalue weighted by Crippen LogP contribution is 2.30. The Kier molecular flexibility index (Phi) is 6.81. The molecule has 0 fully saturated rings. The summed E-state index contributed by atoms with van der Waals surface area (Å²) in [6.07, 6.45) is 1.26. The van der Waals surface area contributed by atoms with Crippen LogP contribution >= 0.6 is 0 Å². The SMILES string of the molecule is COc1ccccc1C(=O)NCC(=O)OCC(=O)N1CCCc2cc([N+](=O)[O-])ccc21. The van der Waals surface area contributed by atoms with E-state index in [1.165, 1.54) is 30.2 Å². The fraction of sp³-hybridized carbons (Fsp3) is 0.286. The minimum absolute atomic E-state index is 0.0368. The normalized spacial score (nSPS) is 12.5. The van der Waals surface area contributed by atoms with Crippen molar-refractivity contribution in [3.63, 3.8) is 0 Å². The van der Waals surface area contributed by atoms with E-state index in [0.29, 0.717) is 36.4 Å². The lowest BCUT2D eigenvalue weighted by Gasteiger charge is -2.29. The summed E-state index contributed by atoms with van der Waals surface area (Å²) >= 11 is 0. The molecule has 2 amide bonds. The zero-order chi connectivity index (χ0) is 22.4. The van der Waals surface area contributed by atoms with Crippen LogP contribution in [0.3, 0.4) is 0 Å². The summed E-state index contributed by atoms with van der Waals surface area (Å²) in [6.45, 7) is -0.488. The van der Waals surface area contributed by atoms with E-state index in [9.17, 15) is 24.5 Å². The number of anilines is 1. The molecule has 0 aliphatic carbocycles. The van der Waals surface area contributed by atoms with Gasteiger partial charge in [-0.05, 0) is 36.6 Å². The molecule has 0 atom stereocenters. The second-order valence-corrected chi connectivity index (χ2v) is 6.76. The van der Waals surface area contributed by atoms with E-state index in [0.717, 1.165) is 0 Å². The summed E-state index contributed by atoms with van der Waals surface area (Å²) in [5.74, 6) is -1.35. The molecule has 0 aromatic heterocycles. The molecule has 10 nitrogen and oxygen atoms in total. The molecule has 2 aromatic rings. The Hall–Kier alpha value is -3.95. The van der Waals surface area contributed by atoms with Crippen LogP contribution in [0.15, 0.2) is 42.5 Å². The first-order chi connectivity index (χ1) is 14.9. The van der Waals surface area contributed by atoms with Crippen molar-refractivity contribution in [2.24, 2.45) is 0 Å². The molecule has 0 saturated carbocycles. The molecule has 31 heavy (non-hydrogen) atoms. The molecule has 1 N–H and O–H groups in total. The Morgan fingerprint density at radius 2 is 1.97 bits per heavy atom. The molecular weight excluding hydrogens is 406 g/mol. The number of non-ortho nitro benzene ring substituents is 1. The molecule has 2 aromatic carbocycles. The summed E-state index contributed by atoms with van der Waals surface area (Å²) in [6, 6.07) is 10.9. The van der Waals surface area contributed by atoms with Crippen molar-refractivity contribution in [2.45, 2.75) is 12.8 Å². The van der Waals surface area contributed by atoms with E-state index in [2.05, 4.69) is 5.32 Å². The predicted molar refractivity (Wildman–Crippen MR) is 110 cm³/mol. The van der Waals surface area contributed by atoms with E-state index < -0.39 is 35.9 Å². The van der Waals surface area contributed by atoms with E-state index in [1.54, 1.807) is 24.3 Å². The number of amides is 2. The summed E-state index contributed by atoms with van der Waals surface area (Å²) in [7, 11) is 1.43. The van der Waals surface area contributed by atoms with Gasteiger partial charge in [0, 0.05) is 24.4 Å². The maximum Gasteiger partial charge on any atom is 0.325 e. The summed E-state index contributed by atoms with van der Waals surface area (Å²) in [5.41, 5.74) is 1.50. The van der Waals surface area contributed by atoms with Gasteiger partial charge < -0.3 is 19.7 Å². The number of aryl methyl sites for hydroxylation is 1. The Morgan fingerprint density at radius 3 is 2.71 bits per heavy atom. The number of para-hydroxylation sites is 1. The lowest BCUT2D eigenvalue weighted by Crippen LogP contribution is -2.39. The third-order valence-corrected chi connectivity index (χ3v) is 4.80. The quantitative estimate of drug-likeness (QED) is 0.406. The molecule has 0 unspecified atom stereocenters. The molecule has 0 bridgehead atoms. The Bertz CT molecular complexity index is 1020. The van der Waals surface area contributed by atoms with Gasteiger partial charge in [-0.15, -0.1) is 0 Å². The number of nitro benzene ring substituents is 1. The smallest absolute Gasteiger partial charge is 0.325 e. The number of nitrogens with zero attached hydrogens (tertiary/aromatic N) is 2. The van der Waals surface area contributed by atoms with Crippen molar-refractivity contribution in [3.8, 4) is 5.75 Å². The maximum absolute atomic E-state index is 12.5.